The topological polar surface area (TPSA) is 37.8 Å². The molecule has 19 heavy (non-hydrogen) atoms. The van der Waals surface area contributed by atoms with Gasteiger partial charge in [-0.15, -0.1) is 11.8 Å². The molecule has 0 aliphatic carbocycles. The summed E-state index contributed by atoms with van der Waals surface area (Å²) >= 11 is 7.83. The van der Waals surface area contributed by atoms with E-state index in [-0.39, 0.29) is 0 Å². The van der Waals surface area contributed by atoms with Gasteiger partial charge in [0.2, 0.25) is 5.95 Å². The third-order valence-electron chi connectivity index (χ3n) is 2.58. The van der Waals surface area contributed by atoms with Gasteiger partial charge in [-0.25, -0.2) is 9.97 Å². The highest BCUT2D eigenvalue weighted by Gasteiger charge is 2.06. The van der Waals surface area contributed by atoms with Crippen LogP contribution in [-0.2, 0) is 5.75 Å². The van der Waals surface area contributed by atoms with Crippen LogP contribution in [0.15, 0.2) is 35.5 Å². The lowest BCUT2D eigenvalue weighted by atomic mass is 10.2. The predicted octanol–water partition coefficient (Wildman–Crippen LogP) is 4.16. The molecule has 0 aliphatic rings. The molecule has 0 fully saturated rings. The maximum Gasteiger partial charge on any atom is 0.223 e. The van der Waals surface area contributed by atoms with E-state index in [1.165, 1.54) is 0 Å². The number of halogens is 1. The van der Waals surface area contributed by atoms with Gasteiger partial charge in [0.25, 0.3) is 0 Å². The number of nitrogens with zero attached hydrogens (tertiary/aromatic N) is 2. The lowest BCUT2D eigenvalue weighted by molar-refractivity contribution is 0.983. The minimum atomic E-state index is 0.676. The molecule has 3 nitrogen and oxygen atoms in total. The van der Waals surface area contributed by atoms with Crippen molar-refractivity contribution < 1.29 is 0 Å². The first kappa shape index (κ1) is 14.2. The van der Waals surface area contributed by atoms with E-state index >= 15 is 0 Å². The summed E-state index contributed by atoms with van der Waals surface area (Å²) in [5.74, 6) is 1.48. The maximum atomic E-state index is 6.15. The van der Waals surface area contributed by atoms with Crippen LogP contribution in [0.3, 0.4) is 0 Å². The van der Waals surface area contributed by atoms with E-state index in [9.17, 15) is 0 Å². The Hall–Kier alpha value is -1.26. The summed E-state index contributed by atoms with van der Waals surface area (Å²) in [4.78, 5) is 8.74. The molecule has 0 bridgehead atoms. The molecule has 100 valence electrons. The SMILES string of the molecule is CCNc1ncc(C)c(SCc2ccccc2Cl)n1. The van der Waals surface area contributed by atoms with Crippen LogP contribution < -0.4 is 5.32 Å². The number of thioether (sulfide) groups is 1. The number of benzene rings is 1. The summed E-state index contributed by atoms with van der Waals surface area (Å²) in [6.07, 6.45) is 1.85. The molecule has 0 saturated carbocycles. The van der Waals surface area contributed by atoms with Crippen LogP contribution in [0.1, 0.15) is 18.1 Å². The fourth-order valence-corrected chi connectivity index (χ4v) is 2.83. The molecule has 0 aliphatic heterocycles. The molecular weight excluding hydrogens is 278 g/mol. The maximum absolute atomic E-state index is 6.15. The van der Waals surface area contributed by atoms with E-state index in [2.05, 4.69) is 15.3 Å². The van der Waals surface area contributed by atoms with Gasteiger partial charge in [-0.1, -0.05) is 29.8 Å². The Bertz CT molecular complexity index is 560. The first-order chi connectivity index (χ1) is 9.20. The van der Waals surface area contributed by atoms with Crippen molar-refractivity contribution in [1.82, 2.24) is 9.97 Å². The third-order valence-corrected chi connectivity index (χ3v) is 4.09. The van der Waals surface area contributed by atoms with Crippen molar-refractivity contribution in [3.05, 3.63) is 46.6 Å². The number of rotatable bonds is 5. The minimum absolute atomic E-state index is 0.676. The molecule has 0 atom stereocenters. The van der Waals surface area contributed by atoms with Gasteiger partial charge in [0, 0.05) is 23.5 Å². The van der Waals surface area contributed by atoms with Gasteiger partial charge in [0.15, 0.2) is 0 Å². The third kappa shape index (κ3) is 3.85. The molecule has 0 radical (unpaired) electrons. The van der Waals surface area contributed by atoms with Gasteiger partial charge in [-0.2, -0.15) is 0 Å². The average Bonchev–Trinajstić information content (AvgIpc) is 2.41. The lowest BCUT2D eigenvalue weighted by Crippen LogP contribution is -2.03. The highest BCUT2D eigenvalue weighted by atomic mass is 35.5. The van der Waals surface area contributed by atoms with Crippen molar-refractivity contribution >= 4 is 29.3 Å². The average molecular weight is 294 g/mol. The van der Waals surface area contributed by atoms with Crippen LogP contribution in [0.2, 0.25) is 5.02 Å². The van der Waals surface area contributed by atoms with Gasteiger partial charge >= 0.3 is 0 Å². The summed E-state index contributed by atoms with van der Waals surface area (Å²) in [5.41, 5.74) is 2.20. The highest BCUT2D eigenvalue weighted by molar-refractivity contribution is 7.98. The number of nitrogens with one attached hydrogen (secondary N) is 1. The van der Waals surface area contributed by atoms with Gasteiger partial charge < -0.3 is 5.32 Å². The van der Waals surface area contributed by atoms with Gasteiger partial charge in [0.1, 0.15) is 5.03 Å². The van der Waals surface area contributed by atoms with Gasteiger partial charge in [-0.05, 0) is 31.0 Å². The second-order valence-corrected chi connectivity index (χ2v) is 5.46. The number of anilines is 1. The van der Waals surface area contributed by atoms with Crippen molar-refractivity contribution in [2.75, 3.05) is 11.9 Å². The van der Waals surface area contributed by atoms with Crippen LogP contribution >= 0.6 is 23.4 Å². The van der Waals surface area contributed by atoms with E-state index in [1.54, 1.807) is 11.8 Å². The van der Waals surface area contributed by atoms with Crippen LogP contribution in [0.4, 0.5) is 5.95 Å². The zero-order valence-electron chi connectivity index (χ0n) is 11.0. The zero-order chi connectivity index (χ0) is 13.7. The van der Waals surface area contributed by atoms with E-state index < -0.39 is 0 Å². The lowest BCUT2D eigenvalue weighted by Gasteiger charge is -2.08. The summed E-state index contributed by atoms with van der Waals surface area (Å²) in [7, 11) is 0. The Balaban J connectivity index is 2.10. The Morgan fingerprint density at radius 2 is 2.11 bits per heavy atom. The molecule has 1 aromatic carbocycles. The molecule has 1 aromatic heterocycles. The predicted molar refractivity (Wildman–Crippen MR) is 81.9 cm³/mol. The van der Waals surface area contributed by atoms with Crippen molar-refractivity contribution in [1.29, 1.82) is 0 Å². The summed E-state index contributed by atoms with van der Waals surface area (Å²) in [6.45, 7) is 4.86. The first-order valence-electron chi connectivity index (χ1n) is 6.14. The molecule has 1 N–H and O–H groups in total. The summed E-state index contributed by atoms with van der Waals surface area (Å²) in [5, 5.41) is 4.91. The number of aromatic nitrogens is 2. The smallest absolute Gasteiger partial charge is 0.223 e. The van der Waals surface area contributed by atoms with Crippen LogP contribution in [0, 0.1) is 6.92 Å². The molecule has 0 unspecified atom stereocenters. The van der Waals surface area contributed by atoms with E-state index in [0.717, 1.165) is 33.5 Å². The standard InChI is InChI=1S/C14H16ClN3S/c1-3-16-14-17-8-10(2)13(18-14)19-9-11-6-4-5-7-12(11)15/h4-8H,3,9H2,1-2H3,(H,16,17,18). The fourth-order valence-electron chi connectivity index (χ4n) is 1.58. The van der Waals surface area contributed by atoms with Crippen LogP contribution in [-0.4, -0.2) is 16.5 Å². The van der Waals surface area contributed by atoms with E-state index in [4.69, 9.17) is 11.6 Å². The van der Waals surface area contributed by atoms with Crippen LogP contribution in [0.25, 0.3) is 0 Å². The summed E-state index contributed by atoms with van der Waals surface area (Å²) in [6, 6.07) is 7.89. The number of hydrogen-bond donors (Lipinski definition) is 1. The van der Waals surface area contributed by atoms with Crippen molar-refractivity contribution in [3.8, 4) is 0 Å². The molecule has 2 rings (SSSR count). The van der Waals surface area contributed by atoms with E-state index in [0.29, 0.717) is 5.95 Å². The Labute approximate surface area is 122 Å². The van der Waals surface area contributed by atoms with Crippen molar-refractivity contribution in [2.45, 2.75) is 24.6 Å². The normalized spacial score (nSPS) is 10.5. The zero-order valence-corrected chi connectivity index (χ0v) is 12.6. The molecule has 0 spiro atoms. The van der Waals surface area contributed by atoms with E-state index in [1.807, 2.05) is 44.3 Å². The molecule has 0 saturated heterocycles. The second-order valence-electron chi connectivity index (χ2n) is 4.09. The number of hydrogen-bond acceptors (Lipinski definition) is 4. The molecular formula is C14H16ClN3S. The summed E-state index contributed by atoms with van der Waals surface area (Å²) < 4.78 is 0. The van der Waals surface area contributed by atoms with Gasteiger partial charge in [0.05, 0.1) is 0 Å². The monoisotopic (exact) mass is 293 g/mol. The Morgan fingerprint density at radius 3 is 2.84 bits per heavy atom. The van der Waals surface area contributed by atoms with Crippen molar-refractivity contribution in [3.63, 3.8) is 0 Å². The largest absolute Gasteiger partial charge is 0.354 e. The van der Waals surface area contributed by atoms with Crippen LogP contribution in [0.5, 0.6) is 0 Å². The second kappa shape index (κ2) is 6.78. The first-order valence-corrected chi connectivity index (χ1v) is 7.50. The molecule has 2 aromatic rings. The molecule has 5 heteroatoms. The Morgan fingerprint density at radius 1 is 1.32 bits per heavy atom. The fraction of sp³-hybridized carbons (Fsp3) is 0.286. The minimum Gasteiger partial charge on any atom is -0.354 e. The molecule has 1 heterocycles. The Kier molecular flexibility index (Phi) is 5.05. The highest BCUT2D eigenvalue weighted by Crippen LogP contribution is 2.27. The quantitative estimate of drug-likeness (QED) is 0.663. The van der Waals surface area contributed by atoms with Crippen molar-refractivity contribution in [2.24, 2.45) is 0 Å². The van der Waals surface area contributed by atoms with Gasteiger partial charge in [-0.3, -0.25) is 0 Å². The molecule has 0 amide bonds. The number of aryl methyl sites for hydroxylation is 1.